The number of hydrogen-bond acceptors (Lipinski definition) is 5. The lowest BCUT2D eigenvalue weighted by Crippen LogP contribution is -2.35. The summed E-state index contributed by atoms with van der Waals surface area (Å²) in [6.07, 6.45) is 4.44. The van der Waals surface area contributed by atoms with Crippen molar-refractivity contribution < 1.29 is 4.79 Å². The highest BCUT2D eigenvalue weighted by molar-refractivity contribution is 5.92. The zero-order chi connectivity index (χ0) is 17.8. The lowest BCUT2D eigenvalue weighted by atomic mass is 10.3. The zero-order valence-electron chi connectivity index (χ0n) is 15.3. The molecule has 8 nitrogen and oxygen atoms in total. The fourth-order valence-electron chi connectivity index (χ4n) is 3.11. The van der Waals surface area contributed by atoms with Gasteiger partial charge in [0.05, 0.1) is 6.54 Å². The smallest absolute Gasteiger partial charge is 0.274 e. The van der Waals surface area contributed by atoms with E-state index in [-0.39, 0.29) is 11.9 Å². The predicted molar refractivity (Wildman–Crippen MR) is 94.1 cm³/mol. The van der Waals surface area contributed by atoms with Gasteiger partial charge in [-0.3, -0.25) is 14.4 Å². The van der Waals surface area contributed by atoms with E-state index < -0.39 is 0 Å². The van der Waals surface area contributed by atoms with Crippen molar-refractivity contribution >= 4 is 5.91 Å². The molecule has 0 aromatic carbocycles. The number of carbonyl (C=O) groups excluding carboxylic acids is 1. The normalized spacial score (nSPS) is 16.4. The maximum atomic E-state index is 12.7. The van der Waals surface area contributed by atoms with E-state index in [2.05, 4.69) is 40.9 Å². The van der Waals surface area contributed by atoms with Gasteiger partial charge in [0.1, 0.15) is 17.8 Å². The average Bonchev–Trinajstić information content (AvgIpc) is 3.20. The lowest BCUT2D eigenvalue weighted by molar-refractivity contribution is 0.0754. The van der Waals surface area contributed by atoms with E-state index in [9.17, 15) is 4.79 Å². The van der Waals surface area contributed by atoms with E-state index in [0.29, 0.717) is 12.2 Å². The van der Waals surface area contributed by atoms with Crippen LogP contribution in [0.15, 0.2) is 18.6 Å². The molecule has 1 saturated heterocycles. The molecule has 1 aliphatic heterocycles. The highest BCUT2D eigenvalue weighted by Gasteiger charge is 2.23. The highest BCUT2D eigenvalue weighted by atomic mass is 16.2. The minimum Gasteiger partial charge on any atom is -0.336 e. The third kappa shape index (κ3) is 4.07. The van der Waals surface area contributed by atoms with E-state index in [4.69, 9.17) is 0 Å². The van der Waals surface area contributed by atoms with Gasteiger partial charge in [0.15, 0.2) is 0 Å². The Bertz CT molecular complexity index is 705. The first-order valence-electron chi connectivity index (χ1n) is 9.02. The highest BCUT2D eigenvalue weighted by Crippen LogP contribution is 2.11. The molecule has 3 rings (SSSR count). The molecule has 136 valence electrons. The molecule has 1 amide bonds. The molecule has 2 aromatic heterocycles. The number of aromatic nitrogens is 5. The van der Waals surface area contributed by atoms with Crippen LogP contribution in [-0.2, 0) is 13.1 Å². The summed E-state index contributed by atoms with van der Waals surface area (Å²) in [7, 11) is 0. The van der Waals surface area contributed by atoms with E-state index in [1.54, 1.807) is 6.33 Å². The maximum absolute atomic E-state index is 12.7. The van der Waals surface area contributed by atoms with Crippen molar-refractivity contribution in [3.8, 4) is 0 Å². The summed E-state index contributed by atoms with van der Waals surface area (Å²) in [6.45, 7) is 11.1. The van der Waals surface area contributed by atoms with Gasteiger partial charge in [-0.15, -0.1) is 0 Å². The average molecular weight is 345 g/mol. The van der Waals surface area contributed by atoms with Gasteiger partial charge in [-0.1, -0.05) is 0 Å². The molecule has 0 N–H and O–H groups in total. The van der Waals surface area contributed by atoms with Crippen LogP contribution in [0.25, 0.3) is 0 Å². The van der Waals surface area contributed by atoms with Crippen LogP contribution < -0.4 is 0 Å². The second-order valence-corrected chi connectivity index (χ2v) is 6.69. The minimum atomic E-state index is 0.0259. The first-order chi connectivity index (χ1) is 12.1. The van der Waals surface area contributed by atoms with Crippen LogP contribution in [0.5, 0.6) is 0 Å². The fraction of sp³-hybridized carbons (Fsp3) is 0.647. The molecule has 1 aliphatic rings. The summed E-state index contributed by atoms with van der Waals surface area (Å²) in [5, 5.41) is 8.63. The topological polar surface area (TPSA) is 72.1 Å². The molecule has 8 heteroatoms. The summed E-state index contributed by atoms with van der Waals surface area (Å²) in [5.41, 5.74) is 0.535. The van der Waals surface area contributed by atoms with Crippen LogP contribution in [0.3, 0.4) is 0 Å². The molecular formula is C17H27N7O. The fourth-order valence-corrected chi connectivity index (χ4v) is 3.11. The van der Waals surface area contributed by atoms with E-state index in [1.165, 1.54) is 0 Å². The number of aryl methyl sites for hydroxylation is 1. The first-order valence-corrected chi connectivity index (χ1v) is 9.02. The van der Waals surface area contributed by atoms with Crippen LogP contribution in [0.1, 0.15) is 49.5 Å². The molecule has 0 saturated carbocycles. The van der Waals surface area contributed by atoms with Crippen molar-refractivity contribution in [2.24, 2.45) is 0 Å². The Morgan fingerprint density at radius 1 is 1.24 bits per heavy atom. The maximum Gasteiger partial charge on any atom is 0.274 e. The molecular weight excluding hydrogens is 318 g/mol. The minimum absolute atomic E-state index is 0.0259. The molecule has 25 heavy (non-hydrogen) atoms. The number of rotatable bonds is 5. The summed E-state index contributed by atoms with van der Waals surface area (Å²) in [4.78, 5) is 21.3. The molecule has 0 aliphatic carbocycles. The van der Waals surface area contributed by atoms with Crippen LogP contribution in [-0.4, -0.2) is 66.4 Å². The van der Waals surface area contributed by atoms with Crippen molar-refractivity contribution in [1.82, 2.24) is 34.3 Å². The van der Waals surface area contributed by atoms with Crippen molar-refractivity contribution in [2.75, 3.05) is 26.2 Å². The SMILES string of the molecule is CCn1ncnc1CN1CCCN(C(=O)c2ccn(C(C)C)n2)CC1. The van der Waals surface area contributed by atoms with Gasteiger partial charge in [0, 0.05) is 45.0 Å². The van der Waals surface area contributed by atoms with Crippen LogP contribution in [0, 0.1) is 0 Å². The third-order valence-electron chi connectivity index (χ3n) is 4.59. The van der Waals surface area contributed by atoms with Crippen molar-refractivity contribution in [3.63, 3.8) is 0 Å². The Kier molecular flexibility index (Phi) is 5.47. The molecule has 1 fully saturated rings. The van der Waals surface area contributed by atoms with Crippen molar-refractivity contribution in [1.29, 1.82) is 0 Å². The Balaban J connectivity index is 1.60. The van der Waals surface area contributed by atoms with Crippen molar-refractivity contribution in [3.05, 3.63) is 30.1 Å². The Labute approximate surface area is 148 Å². The summed E-state index contributed by atoms with van der Waals surface area (Å²) in [6, 6.07) is 2.08. The molecule has 3 heterocycles. The lowest BCUT2D eigenvalue weighted by Gasteiger charge is -2.21. The molecule has 0 radical (unpaired) electrons. The van der Waals surface area contributed by atoms with Gasteiger partial charge >= 0.3 is 0 Å². The standard InChI is InChI=1S/C17H27N7O/c1-4-23-16(18-13-19-23)12-21-7-5-8-22(11-10-21)17(25)15-6-9-24(20-15)14(2)3/h6,9,13-14H,4-5,7-8,10-12H2,1-3H3. The molecule has 0 atom stereocenters. The Hall–Kier alpha value is -2.22. The van der Waals surface area contributed by atoms with Gasteiger partial charge in [0.2, 0.25) is 0 Å². The van der Waals surface area contributed by atoms with Crippen LogP contribution in [0.2, 0.25) is 0 Å². The molecule has 0 spiro atoms. The van der Waals surface area contributed by atoms with Gasteiger partial charge in [-0.2, -0.15) is 10.2 Å². The van der Waals surface area contributed by atoms with Crippen LogP contribution in [0.4, 0.5) is 0 Å². The summed E-state index contributed by atoms with van der Waals surface area (Å²) >= 11 is 0. The number of hydrogen-bond donors (Lipinski definition) is 0. The largest absolute Gasteiger partial charge is 0.336 e. The van der Waals surface area contributed by atoms with Gasteiger partial charge in [-0.05, 0) is 33.3 Å². The Morgan fingerprint density at radius 3 is 2.80 bits per heavy atom. The monoisotopic (exact) mass is 345 g/mol. The number of nitrogens with zero attached hydrogens (tertiary/aromatic N) is 7. The zero-order valence-corrected chi connectivity index (χ0v) is 15.3. The van der Waals surface area contributed by atoms with Gasteiger partial charge in [-0.25, -0.2) is 9.67 Å². The second-order valence-electron chi connectivity index (χ2n) is 6.69. The first kappa shape index (κ1) is 17.6. The van der Waals surface area contributed by atoms with E-state index in [1.807, 2.05) is 26.5 Å². The summed E-state index contributed by atoms with van der Waals surface area (Å²) in [5.74, 6) is 1.01. The van der Waals surface area contributed by atoms with Gasteiger partial charge < -0.3 is 4.90 Å². The quantitative estimate of drug-likeness (QED) is 0.820. The van der Waals surface area contributed by atoms with Crippen LogP contribution >= 0.6 is 0 Å². The molecule has 0 bridgehead atoms. The predicted octanol–water partition coefficient (Wildman–Crippen LogP) is 1.42. The third-order valence-corrected chi connectivity index (χ3v) is 4.59. The molecule has 0 unspecified atom stereocenters. The number of amides is 1. The summed E-state index contributed by atoms with van der Waals surface area (Å²) < 4.78 is 3.75. The van der Waals surface area contributed by atoms with Gasteiger partial charge in [0.25, 0.3) is 5.91 Å². The number of carbonyl (C=O) groups is 1. The van der Waals surface area contributed by atoms with E-state index in [0.717, 1.165) is 45.0 Å². The van der Waals surface area contributed by atoms with Crippen molar-refractivity contribution in [2.45, 2.75) is 46.3 Å². The Morgan fingerprint density at radius 2 is 2.08 bits per heavy atom. The molecule has 2 aromatic rings. The van der Waals surface area contributed by atoms with E-state index >= 15 is 0 Å². The second kappa shape index (κ2) is 7.77.